The van der Waals surface area contributed by atoms with Crippen molar-refractivity contribution in [1.82, 2.24) is 9.97 Å². The third kappa shape index (κ3) is 9.58. The molecule has 0 radical (unpaired) electrons. The standard InChI is InChI=1S/C8H7ClN2.C6H8N2.C2H3ClO2.2ClH/c9-5-8-10-6-3-1-2-4-7(6)11-8;7-5-3-1-2-4-6(5)8;3-1-2(4)5;;/h1-4H,5H2,(H,10,11);1-4H,7-8H2;1H2,(H,4,5);2*1H/i2*1D,2D,3D,4D;;;/hD6. The normalized spacial score (nSPS) is 15.4. The molecular formula is C16H20Cl4N4O2. The highest BCUT2D eigenvalue weighted by Crippen LogP contribution is 2.11. The predicted octanol–water partition coefficient (Wildman–Crippen LogP) is 4.31. The molecule has 0 aliphatic heterocycles. The summed E-state index contributed by atoms with van der Waals surface area (Å²) in [7, 11) is 0. The van der Waals surface area contributed by atoms with Crippen LogP contribution in [0.2, 0.25) is 5.65 Å². The first kappa shape index (κ1) is 9.90. The van der Waals surface area contributed by atoms with Crippen LogP contribution in [-0.2, 0) is 10.7 Å². The summed E-state index contributed by atoms with van der Waals surface area (Å²) >= 11 is 18.1. The van der Waals surface area contributed by atoms with Gasteiger partial charge in [0.25, 0.3) is 0 Å². The van der Waals surface area contributed by atoms with Gasteiger partial charge in [-0.2, -0.15) is 0 Å². The number of aliphatic carboxylic acids is 1. The van der Waals surface area contributed by atoms with Crippen molar-refractivity contribution in [3.63, 3.8) is 0 Å². The maximum absolute atomic E-state index is 9.24. The average molecular weight is 456 g/mol. The Hall–Kier alpha value is -1.86. The summed E-state index contributed by atoms with van der Waals surface area (Å²) in [6, 6.07) is -3.24. The van der Waals surface area contributed by atoms with Crippen molar-refractivity contribution >= 4 is 76.2 Å². The van der Waals surface area contributed by atoms with E-state index in [1.807, 2.05) is 0 Å². The van der Waals surface area contributed by atoms with Crippen LogP contribution in [0.4, 0.5) is 11.4 Å². The molecule has 1 aromatic heterocycles. The minimum absolute atomic E-state index is 0.0384. The Morgan fingerprint density at radius 1 is 1.15 bits per heavy atom. The summed E-state index contributed by atoms with van der Waals surface area (Å²) < 4.78 is 98.1. The van der Waals surface area contributed by atoms with Crippen molar-refractivity contribution in [2.24, 2.45) is 0 Å². The number of nitrogens with two attached hydrogens (primary N) is 2. The van der Waals surface area contributed by atoms with Gasteiger partial charge in [-0.15, -0.1) is 47.8 Å². The number of anilines is 2. The lowest BCUT2D eigenvalue weighted by atomic mass is 10.3. The lowest BCUT2D eigenvalue weighted by Gasteiger charge is -1.94. The molecule has 6 nitrogen and oxygen atoms in total. The maximum atomic E-state index is 9.24. The molecular weight excluding hydrogens is 422 g/mol. The highest BCUT2D eigenvalue weighted by atomic mass is 35.5. The summed E-state index contributed by atoms with van der Waals surface area (Å²) in [6.45, 7) is 0. The molecule has 0 unspecified atom stereocenters. The number of para-hydroxylation sites is 4. The largest absolute Gasteiger partial charge is 0.480 e. The number of aromatic amines is 1. The molecule has 2 aromatic carbocycles. The SMILES string of the molecule is O=C(O)CCl.[2H]Cl.[2H]Cl.[2H]c1c([2H])c([2H])c(N([2H])[2H])c(N([2H])[2H])c1[2H].[2H]c1c([2H])c([2H])c2[nH]c(CCl)nc2c1[2H]. The van der Waals surface area contributed by atoms with Gasteiger partial charge in [-0.05, 0) is 24.2 Å². The third-order valence-corrected chi connectivity index (χ3v) is 2.56. The van der Waals surface area contributed by atoms with E-state index >= 15 is 0 Å². The first-order valence-corrected chi connectivity index (χ1v) is 7.13. The molecule has 0 saturated heterocycles. The van der Waals surface area contributed by atoms with E-state index in [0.717, 1.165) is 0 Å². The van der Waals surface area contributed by atoms with Crippen LogP contribution in [0.5, 0.6) is 0 Å². The first-order valence-electron chi connectivity index (χ1n) is 12.6. The fourth-order valence-corrected chi connectivity index (χ4v) is 1.28. The van der Waals surface area contributed by atoms with Gasteiger partial charge in [-0.3, -0.25) is 4.79 Å². The molecule has 0 fully saturated rings. The number of H-pyrrole nitrogens is 1. The summed E-state index contributed by atoms with van der Waals surface area (Å²) in [6.07, 6.45) is 0. The van der Waals surface area contributed by atoms with E-state index < -0.39 is 41.5 Å². The van der Waals surface area contributed by atoms with Gasteiger partial charge in [-0.25, -0.2) is 4.98 Å². The van der Waals surface area contributed by atoms with E-state index in [0.29, 0.717) is 11.3 Å². The molecule has 1 heterocycles. The number of fused-ring (bicyclic) bond motifs is 1. The summed E-state index contributed by atoms with van der Waals surface area (Å²) in [5, 5.41) is 7.59. The quantitative estimate of drug-likeness (QED) is 0.345. The Kier molecular flexibility index (Phi) is 5.45. The van der Waals surface area contributed by atoms with E-state index in [2.05, 4.69) is 34.6 Å². The highest BCUT2D eigenvalue weighted by Gasteiger charge is 1.98. The minimum atomic E-state index is -0.980. The van der Waals surface area contributed by atoms with Crippen LogP contribution in [0.3, 0.4) is 0 Å². The van der Waals surface area contributed by atoms with Crippen LogP contribution >= 0.6 is 47.8 Å². The molecule has 0 aliphatic carbocycles. The number of aromatic nitrogens is 2. The van der Waals surface area contributed by atoms with Crippen molar-refractivity contribution in [1.29, 1.82) is 2.35 Å². The molecule has 0 bridgehead atoms. The molecule has 0 saturated carbocycles. The molecule has 6 N–H and O–H groups in total. The summed E-state index contributed by atoms with van der Waals surface area (Å²) in [4.78, 5) is 16.0. The van der Waals surface area contributed by atoms with Crippen LogP contribution in [0.25, 0.3) is 11.0 Å². The Labute approximate surface area is 193 Å². The number of rotatable bonds is 4. The number of alkyl halides is 2. The number of carboxylic acid groups (broad SMARTS) is 1. The average Bonchev–Trinajstić information content (AvgIpc) is 3.39. The maximum Gasteiger partial charge on any atom is 0.318 e. The molecule has 3 aromatic rings. The highest BCUT2D eigenvalue weighted by molar-refractivity contribution is 6.26. The second kappa shape index (κ2) is 14.3. The molecule has 0 spiro atoms. The number of imidazole rings is 1. The molecule has 0 atom stereocenters. The Bertz CT molecular complexity index is 1190. The second-order valence-electron chi connectivity index (χ2n) is 3.77. The van der Waals surface area contributed by atoms with E-state index in [-0.39, 0.29) is 52.9 Å². The molecule has 26 heavy (non-hydrogen) atoms. The van der Waals surface area contributed by atoms with E-state index in [4.69, 9.17) is 47.3 Å². The Balaban J connectivity index is 0. The zero-order valence-electron chi connectivity index (χ0n) is 26.6. The zero-order chi connectivity index (χ0) is 32.1. The van der Waals surface area contributed by atoms with Crippen LogP contribution in [-0.4, -0.2) is 29.3 Å². The van der Waals surface area contributed by atoms with Crippen LogP contribution in [0, 0.1) is 0 Å². The van der Waals surface area contributed by atoms with Crippen molar-refractivity contribution < 1.29 is 26.5 Å². The monoisotopic (exact) mass is 454 g/mol. The molecule has 0 amide bonds. The van der Waals surface area contributed by atoms with Crippen LogP contribution < -0.4 is 11.4 Å². The third-order valence-electron chi connectivity index (χ3n) is 2.07. The number of nitrogens with zero attached hydrogens (tertiary/aromatic N) is 1. The number of carbonyl (C=O) groups is 1. The van der Waals surface area contributed by atoms with Crippen LogP contribution in [0.1, 0.15) is 16.8 Å². The topological polar surface area (TPSA) is 118 Å². The molecule has 10 heteroatoms. The Morgan fingerprint density at radius 2 is 1.65 bits per heavy atom. The number of nitrogens with one attached hydrogen (secondary N) is 1. The van der Waals surface area contributed by atoms with Gasteiger partial charge in [0.1, 0.15) is 14.0 Å². The number of halogens is 4. The first-order chi connectivity index (χ1) is 18.6. The second-order valence-corrected chi connectivity index (χ2v) is 4.30. The van der Waals surface area contributed by atoms with Gasteiger partial charge in [0, 0.05) is 0 Å². The van der Waals surface area contributed by atoms with Gasteiger partial charge in [0.15, 0.2) is 5.65 Å². The van der Waals surface area contributed by atoms with Gasteiger partial charge >= 0.3 is 5.97 Å². The Morgan fingerprint density at radius 3 is 2.12 bits per heavy atom. The van der Waals surface area contributed by atoms with Gasteiger partial charge < -0.3 is 21.5 Å². The van der Waals surface area contributed by atoms with Crippen molar-refractivity contribution in [2.75, 3.05) is 17.3 Å². The minimum Gasteiger partial charge on any atom is -0.480 e. The number of hydrogen-bond acceptors (Lipinski definition) is 4. The van der Waals surface area contributed by atoms with E-state index in [1.54, 1.807) is 0 Å². The van der Waals surface area contributed by atoms with Crippen LogP contribution in [0.15, 0.2) is 48.3 Å². The van der Waals surface area contributed by atoms with Gasteiger partial charge in [0.2, 0.25) is 0 Å². The molecule has 144 valence electrons. The van der Waals surface area contributed by atoms with E-state index in [9.17, 15) is 4.79 Å². The summed E-state index contributed by atoms with van der Waals surface area (Å²) in [5.41, 5.74) is -0.604. The number of nitrogen functional groups attached to an aromatic ring is 2. The zero-order valence-corrected chi connectivity index (χ0v) is 15.6. The van der Waals surface area contributed by atoms with Crippen molar-refractivity contribution in [3.05, 3.63) is 54.2 Å². The lowest BCUT2D eigenvalue weighted by molar-refractivity contribution is -0.134. The molecule has 0 aliphatic rings. The van der Waals surface area contributed by atoms with Crippen molar-refractivity contribution in [3.8, 4) is 0 Å². The molecule has 3 rings (SSSR count). The van der Waals surface area contributed by atoms with Crippen molar-refractivity contribution in [2.45, 2.75) is 5.88 Å². The fourth-order valence-electron chi connectivity index (χ4n) is 1.15. The smallest absolute Gasteiger partial charge is 0.318 e. The summed E-state index contributed by atoms with van der Waals surface area (Å²) in [5.74, 6) is -0.695. The number of benzene rings is 2. The fraction of sp³-hybridized carbons (Fsp3) is 0.125. The lowest BCUT2D eigenvalue weighted by Crippen LogP contribution is -1.92. The number of carboxylic acids is 1. The number of hydrogen-bond donors (Lipinski definition) is 4. The van der Waals surface area contributed by atoms with E-state index in [1.165, 1.54) is 0 Å². The van der Waals surface area contributed by atoms with Gasteiger partial charge in [-0.1, -0.05) is 24.2 Å². The van der Waals surface area contributed by atoms with Gasteiger partial charge in [0.05, 0.1) is 39.3 Å². The predicted molar refractivity (Wildman–Crippen MR) is 114 cm³/mol.